The highest BCUT2D eigenvalue weighted by Crippen LogP contribution is 2.32. The van der Waals surface area contributed by atoms with Gasteiger partial charge in [-0.25, -0.2) is 4.98 Å². The van der Waals surface area contributed by atoms with E-state index < -0.39 is 0 Å². The average Bonchev–Trinajstić information content (AvgIpc) is 2.48. The van der Waals surface area contributed by atoms with Crippen molar-refractivity contribution in [3.8, 4) is 6.07 Å². The number of nitrogens with zero attached hydrogens (tertiary/aromatic N) is 3. The molecule has 15 heavy (non-hydrogen) atoms. The van der Waals surface area contributed by atoms with Gasteiger partial charge in [-0.15, -0.1) is 0 Å². The van der Waals surface area contributed by atoms with Crippen LogP contribution >= 0.6 is 44.5 Å². The standard InChI is InChI=1S/C8H8ClN3S3/c9-7-6(5-10)15-8(11-7)12-1-3-13-14-4-2-12/h1-4H2. The van der Waals surface area contributed by atoms with Gasteiger partial charge in [0.25, 0.3) is 0 Å². The third-order valence-electron chi connectivity index (χ3n) is 1.92. The summed E-state index contributed by atoms with van der Waals surface area (Å²) in [6.07, 6.45) is 0. The monoisotopic (exact) mass is 277 g/mol. The van der Waals surface area contributed by atoms with Crippen LogP contribution in [-0.2, 0) is 0 Å². The lowest BCUT2D eigenvalue weighted by Crippen LogP contribution is -2.26. The number of rotatable bonds is 1. The first-order valence-electron chi connectivity index (χ1n) is 4.37. The fourth-order valence-electron chi connectivity index (χ4n) is 1.21. The van der Waals surface area contributed by atoms with E-state index in [1.54, 1.807) is 0 Å². The number of halogens is 1. The highest BCUT2D eigenvalue weighted by Gasteiger charge is 2.16. The van der Waals surface area contributed by atoms with E-state index in [-0.39, 0.29) is 0 Å². The molecule has 0 aliphatic carbocycles. The summed E-state index contributed by atoms with van der Waals surface area (Å²) in [6, 6.07) is 2.06. The number of aromatic nitrogens is 1. The van der Waals surface area contributed by atoms with Crippen molar-refractivity contribution >= 4 is 49.7 Å². The third kappa shape index (κ3) is 2.72. The zero-order valence-electron chi connectivity index (χ0n) is 7.77. The summed E-state index contributed by atoms with van der Waals surface area (Å²) in [5, 5.41) is 10.0. The molecule has 1 aliphatic rings. The van der Waals surface area contributed by atoms with Crippen LogP contribution in [-0.4, -0.2) is 29.6 Å². The molecule has 1 aliphatic heterocycles. The molecule has 1 aromatic heterocycles. The second kappa shape index (κ2) is 5.30. The molecule has 0 N–H and O–H groups in total. The molecule has 80 valence electrons. The Morgan fingerprint density at radius 2 is 2.00 bits per heavy atom. The van der Waals surface area contributed by atoms with Crippen LogP contribution in [0, 0.1) is 11.3 Å². The number of hydrogen-bond donors (Lipinski definition) is 0. The third-order valence-corrected chi connectivity index (χ3v) is 5.69. The summed E-state index contributed by atoms with van der Waals surface area (Å²) in [5.74, 6) is 2.17. The molecule has 7 heteroatoms. The van der Waals surface area contributed by atoms with Gasteiger partial charge in [0.1, 0.15) is 10.9 Å². The van der Waals surface area contributed by atoms with Gasteiger partial charge in [0.05, 0.1) is 0 Å². The van der Waals surface area contributed by atoms with Crippen molar-refractivity contribution in [2.45, 2.75) is 0 Å². The van der Waals surface area contributed by atoms with Crippen LogP contribution in [0.3, 0.4) is 0 Å². The Kier molecular flexibility index (Phi) is 4.03. The molecule has 0 aromatic carbocycles. The van der Waals surface area contributed by atoms with E-state index in [1.807, 2.05) is 21.6 Å². The minimum atomic E-state index is 0.335. The van der Waals surface area contributed by atoms with E-state index in [9.17, 15) is 0 Å². The summed E-state index contributed by atoms with van der Waals surface area (Å²) in [7, 11) is 3.77. The summed E-state index contributed by atoms with van der Waals surface area (Å²) in [6.45, 7) is 1.96. The lowest BCUT2D eigenvalue weighted by molar-refractivity contribution is 0.877. The maximum absolute atomic E-state index is 8.79. The molecular weight excluding hydrogens is 270 g/mol. The Hall–Kier alpha value is -0.0900. The molecule has 3 nitrogen and oxygen atoms in total. The molecular formula is C8H8ClN3S3. The lowest BCUT2D eigenvalue weighted by Gasteiger charge is -2.17. The van der Waals surface area contributed by atoms with Crippen LogP contribution in [0.2, 0.25) is 5.15 Å². The highest BCUT2D eigenvalue weighted by molar-refractivity contribution is 8.76. The Morgan fingerprint density at radius 1 is 1.33 bits per heavy atom. The van der Waals surface area contributed by atoms with Crippen molar-refractivity contribution in [1.82, 2.24) is 4.98 Å². The lowest BCUT2D eigenvalue weighted by atomic mass is 10.5. The Balaban J connectivity index is 2.17. The molecule has 0 bridgehead atoms. The van der Waals surface area contributed by atoms with E-state index in [0.717, 1.165) is 29.7 Å². The van der Waals surface area contributed by atoms with Crippen molar-refractivity contribution in [3.63, 3.8) is 0 Å². The largest absolute Gasteiger partial charge is 0.346 e. The van der Waals surface area contributed by atoms with E-state index in [2.05, 4.69) is 16.0 Å². The fourth-order valence-corrected chi connectivity index (χ4v) is 4.29. The van der Waals surface area contributed by atoms with Gasteiger partial charge in [-0.3, -0.25) is 0 Å². The van der Waals surface area contributed by atoms with E-state index in [4.69, 9.17) is 16.9 Å². The van der Waals surface area contributed by atoms with Crippen LogP contribution in [0.15, 0.2) is 0 Å². The summed E-state index contributed by atoms with van der Waals surface area (Å²) < 4.78 is 0. The molecule has 0 atom stereocenters. The van der Waals surface area contributed by atoms with Gasteiger partial charge in [0.15, 0.2) is 10.3 Å². The number of hydrogen-bond acceptors (Lipinski definition) is 6. The van der Waals surface area contributed by atoms with Gasteiger partial charge in [-0.2, -0.15) is 5.26 Å². The molecule has 0 saturated carbocycles. The normalized spacial score (nSPS) is 17.2. The second-order valence-corrected chi connectivity index (χ2v) is 6.90. The summed E-state index contributed by atoms with van der Waals surface area (Å²) in [5.41, 5.74) is 0. The van der Waals surface area contributed by atoms with Crippen molar-refractivity contribution in [2.24, 2.45) is 0 Å². The minimum Gasteiger partial charge on any atom is -0.346 e. The van der Waals surface area contributed by atoms with Gasteiger partial charge < -0.3 is 4.90 Å². The number of nitriles is 1. The second-order valence-electron chi connectivity index (χ2n) is 2.86. The molecule has 0 radical (unpaired) electrons. The zero-order valence-corrected chi connectivity index (χ0v) is 11.0. The van der Waals surface area contributed by atoms with Gasteiger partial charge >= 0.3 is 0 Å². The van der Waals surface area contributed by atoms with E-state index in [1.165, 1.54) is 11.3 Å². The Labute approximate surface area is 105 Å². The topological polar surface area (TPSA) is 39.9 Å². The molecule has 1 saturated heterocycles. The average molecular weight is 278 g/mol. The highest BCUT2D eigenvalue weighted by atomic mass is 35.5. The van der Waals surface area contributed by atoms with Gasteiger partial charge in [-0.1, -0.05) is 44.5 Å². The van der Waals surface area contributed by atoms with Crippen molar-refractivity contribution in [3.05, 3.63) is 10.0 Å². The first kappa shape index (κ1) is 11.4. The minimum absolute atomic E-state index is 0.335. The summed E-state index contributed by atoms with van der Waals surface area (Å²) >= 11 is 7.22. The van der Waals surface area contributed by atoms with E-state index in [0.29, 0.717) is 10.0 Å². The first-order chi connectivity index (χ1) is 7.31. The van der Waals surface area contributed by atoms with Crippen LogP contribution in [0.5, 0.6) is 0 Å². The molecule has 0 unspecified atom stereocenters. The SMILES string of the molecule is N#Cc1sc(N2CCSSCC2)nc1Cl. The summed E-state index contributed by atoms with van der Waals surface area (Å²) in [4.78, 5) is 6.92. The van der Waals surface area contributed by atoms with Crippen LogP contribution in [0.4, 0.5) is 5.13 Å². The maximum Gasteiger partial charge on any atom is 0.188 e. The molecule has 1 aromatic rings. The van der Waals surface area contributed by atoms with Gasteiger partial charge in [0, 0.05) is 24.6 Å². The van der Waals surface area contributed by atoms with Crippen molar-refractivity contribution in [2.75, 3.05) is 29.5 Å². The van der Waals surface area contributed by atoms with Crippen LogP contribution in [0.1, 0.15) is 4.88 Å². The fraction of sp³-hybridized carbons (Fsp3) is 0.500. The Bertz CT molecular complexity index is 379. The van der Waals surface area contributed by atoms with E-state index >= 15 is 0 Å². The van der Waals surface area contributed by atoms with Crippen LogP contribution in [0.25, 0.3) is 0 Å². The molecule has 1 fully saturated rings. The van der Waals surface area contributed by atoms with Gasteiger partial charge in [0.2, 0.25) is 0 Å². The number of anilines is 1. The van der Waals surface area contributed by atoms with Gasteiger partial charge in [-0.05, 0) is 0 Å². The quantitative estimate of drug-likeness (QED) is 0.738. The maximum atomic E-state index is 8.79. The smallest absolute Gasteiger partial charge is 0.188 e. The molecule has 2 rings (SSSR count). The molecule has 0 amide bonds. The molecule has 0 spiro atoms. The van der Waals surface area contributed by atoms with Crippen molar-refractivity contribution in [1.29, 1.82) is 5.26 Å². The molecule has 2 heterocycles. The van der Waals surface area contributed by atoms with Crippen LogP contribution < -0.4 is 4.90 Å². The zero-order chi connectivity index (χ0) is 10.7. The predicted molar refractivity (Wildman–Crippen MR) is 69.0 cm³/mol. The first-order valence-corrected chi connectivity index (χ1v) is 8.05. The van der Waals surface area contributed by atoms with Crippen molar-refractivity contribution < 1.29 is 0 Å². The predicted octanol–water partition coefficient (Wildman–Crippen LogP) is 2.87. The Morgan fingerprint density at radius 3 is 2.53 bits per heavy atom. The number of thiazole rings is 1.